The van der Waals surface area contributed by atoms with E-state index in [-0.39, 0.29) is 0 Å². The molecule has 0 spiro atoms. The lowest BCUT2D eigenvalue weighted by Crippen LogP contribution is -1.88. The van der Waals surface area contributed by atoms with Gasteiger partial charge in [-0.05, 0) is 12.8 Å². The van der Waals surface area contributed by atoms with E-state index >= 15 is 0 Å². The van der Waals surface area contributed by atoms with Crippen molar-refractivity contribution in [1.29, 1.82) is 0 Å². The van der Waals surface area contributed by atoms with Gasteiger partial charge in [-0.25, -0.2) is 0 Å². The minimum absolute atomic E-state index is 0.810. The van der Waals surface area contributed by atoms with Crippen LogP contribution in [-0.4, -0.2) is 19.6 Å². The van der Waals surface area contributed by atoms with Gasteiger partial charge in [0.25, 0.3) is 0 Å². The zero-order chi connectivity index (χ0) is 7.66. The monoisotopic (exact) mass is 164 g/mol. The molecule has 0 amide bonds. The summed E-state index contributed by atoms with van der Waals surface area (Å²) < 4.78 is 4.92. The Bertz CT molecular complexity index is 49.2. The van der Waals surface area contributed by atoms with Gasteiger partial charge in [-0.15, -0.1) is 11.6 Å². The third-order valence-corrected chi connectivity index (χ3v) is 1.75. The number of halogens is 1. The van der Waals surface area contributed by atoms with E-state index in [1.807, 2.05) is 0 Å². The van der Waals surface area contributed by atoms with Crippen molar-refractivity contribution in [3.8, 4) is 0 Å². The molecule has 0 bridgehead atoms. The van der Waals surface area contributed by atoms with Crippen LogP contribution in [0.4, 0.5) is 0 Å². The molecule has 0 rings (SSSR count). The van der Waals surface area contributed by atoms with Gasteiger partial charge in [0, 0.05) is 19.6 Å². The molecule has 0 saturated heterocycles. The molecule has 0 fully saturated rings. The molecule has 2 heteroatoms. The molecule has 0 heterocycles. The third-order valence-electron chi connectivity index (χ3n) is 1.48. The first-order chi connectivity index (χ1) is 4.91. The first kappa shape index (κ1) is 10.2. The van der Waals surface area contributed by atoms with E-state index in [0.717, 1.165) is 18.9 Å². The smallest absolute Gasteiger partial charge is 0.0462 e. The number of alkyl halides is 1. The molecule has 0 atom stereocenters. The molecule has 0 aromatic carbocycles. The normalized spacial score (nSPS) is 10.2. The number of unbranched alkanes of at least 4 members (excludes halogenated alkanes) is 4. The van der Waals surface area contributed by atoms with Gasteiger partial charge in [0.05, 0.1) is 0 Å². The lowest BCUT2D eigenvalue weighted by Gasteiger charge is -1.98. The van der Waals surface area contributed by atoms with Gasteiger partial charge >= 0.3 is 0 Å². The van der Waals surface area contributed by atoms with Crippen molar-refractivity contribution >= 4 is 11.6 Å². The summed E-state index contributed by atoms with van der Waals surface area (Å²) in [6.07, 6.45) is 6.21. The van der Waals surface area contributed by atoms with Crippen molar-refractivity contribution in [3.63, 3.8) is 0 Å². The molecule has 0 aromatic rings. The summed E-state index contributed by atoms with van der Waals surface area (Å²) in [5.74, 6) is 0.810. The number of hydrogen-bond acceptors (Lipinski definition) is 1. The van der Waals surface area contributed by atoms with Crippen LogP contribution >= 0.6 is 11.6 Å². The van der Waals surface area contributed by atoms with Crippen LogP contribution in [0.1, 0.15) is 32.1 Å². The van der Waals surface area contributed by atoms with Crippen molar-refractivity contribution in [2.24, 2.45) is 0 Å². The van der Waals surface area contributed by atoms with Crippen LogP contribution in [0.15, 0.2) is 0 Å². The van der Waals surface area contributed by atoms with Gasteiger partial charge in [0.1, 0.15) is 0 Å². The van der Waals surface area contributed by atoms with Crippen LogP contribution in [0, 0.1) is 0 Å². The highest BCUT2D eigenvalue weighted by atomic mass is 35.5. The molecular formula is C8H17ClO. The summed E-state index contributed by atoms with van der Waals surface area (Å²) in [5.41, 5.74) is 0. The number of rotatable bonds is 7. The van der Waals surface area contributed by atoms with Gasteiger partial charge in [0.2, 0.25) is 0 Å². The van der Waals surface area contributed by atoms with Gasteiger partial charge in [-0.3, -0.25) is 0 Å². The quantitative estimate of drug-likeness (QED) is 0.416. The number of ether oxygens (including phenoxy) is 1. The van der Waals surface area contributed by atoms with E-state index < -0.39 is 0 Å². The fourth-order valence-corrected chi connectivity index (χ4v) is 1.06. The molecule has 0 aliphatic rings. The lowest BCUT2D eigenvalue weighted by atomic mass is 10.2. The predicted octanol–water partition coefficient (Wildman–Crippen LogP) is 2.82. The standard InChI is InChI=1S/C8H17ClO/c1-10-8-6-4-2-3-5-7-9/h2-8H2,1H3. The molecule has 0 N–H and O–H groups in total. The largest absolute Gasteiger partial charge is 0.385 e. The van der Waals surface area contributed by atoms with E-state index in [2.05, 4.69) is 0 Å². The maximum Gasteiger partial charge on any atom is 0.0462 e. The highest BCUT2D eigenvalue weighted by molar-refractivity contribution is 6.17. The fraction of sp³-hybridized carbons (Fsp3) is 1.00. The number of methoxy groups -OCH3 is 1. The van der Waals surface area contributed by atoms with Crippen molar-refractivity contribution in [2.45, 2.75) is 32.1 Å². The van der Waals surface area contributed by atoms with E-state index in [9.17, 15) is 0 Å². The molecule has 0 aliphatic heterocycles. The highest BCUT2D eigenvalue weighted by Gasteiger charge is 1.88. The van der Waals surface area contributed by atoms with E-state index in [1.165, 1.54) is 25.7 Å². The Morgan fingerprint density at radius 2 is 1.60 bits per heavy atom. The van der Waals surface area contributed by atoms with Crippen molar-refractivity contribution in [1.82, 2.24) is 0 Å². The second-order valence-corrected chi connectivity index (χ2v) is 2.83. The Kier molecular flexibility index (Phi) is 9.48. The Hall–Kier alpha value is 0.250. The fourth-order valence-electron chi connectivity index (χ4n) is 0.871. The van der Waals surface area contributed by atoms with Crippen LogP contribution in [0.3, 0.4) is 0 Å². The first-order valence-electron chi connectivity index (χ1n) is 3.96. The minimum atomic E-state index is 0.810. The summed E-state index contributed by atoms with van der Waals surface area (Å²) in [4.78, 5) is 0. The van der Waals surface area contributed by atoms with Crippen LogP contribution < -0.4 is 0 Å². The summed E-state index contributed by atoms with van der Waals surface area (Å²) in [6.45, 7) is 0.904. The topological polar surface area (TPSA) is 9.23 Å². The van der Waals surface area contributed by atoms with Gasteiger partial charge in [-0.2, -0.15) is 0 Å². The summed E-state index contributed by atoms with van der Waals surface area (Å²) in [6, 6.07) is 0. The average Bonchev–Trinajstić information content (AvgIpc) is 1.97. The lowest BCUT2D eigenvalue weighted by molar-refractivity contribution is 0.192. The van der Waals surface area contributed by atoms with E-state index in [4.69, 9.17) is 16.3 Å². The van der Waals surface area contributed by atoms with Crippen molar-refractivity contribution in [2.75, 3.05) is 19.6 Å². The summed E-state index contributed by atoms with van der Waals surface area (Å²) in [5, 5.41) is 0. The average molecular weight is 165 g/mol. The minimum Gasteiger partial charge on any atom is -0.385 e. The Balaban J connectivity index is 2.65. The highest BCUT2D eigenvalue weighted by Crippen LogP contribution is 2.03. The molecule has 0 aliphatic carbocycles. The zero-order valence-electron chi connectivity index (χ0n) is 6.74. The maximum absolute atomic E-state index is 5.52. The van der Waals surface area contributed by atoms with Gasteiger partial charge in [-0.1, -0.05) is 19.3 Å². The van der Waals surface area contributed by atoms with Crippen LogP contribution in [0.2, 0.25) is 0 Å². The Morgan fingerprint density at radius 1 is 1.00 bits per heavy atom. The molecule has 1 nitrogen and oxygen atoms in total. The summed E-state index contributed by atoms with van der Waals surface area (Å²) >= 11 is 5.52. The SMILES string of the molecule is COCCCCCCCCl. The predicted molar refractivity (Wildman–Crippen MR) is 45.7 cm³/mol. The van der Waals surface area contributed by atoms with E-state index in [0.29, 0.717) is 0 Å². The first-order valence-corrected chi connectivity index (χ1v) is 4.50. The second kappa shape index (κ2) is 9.25. The third kappa shape index (κ3) is 8.25. The Morgan fingerprint density at radius 3 is 2.20 bits per heavy atom. The second-order valence-electron chi connectivity index (χ2n) is 2.45. The molecule has 62 valence electrons. The van der Waals surface area contributed by atoms with Gasteiger partial charge < -0.3 is 4.74 Å². The van der Waals surface area contributed by atoms with Crippen LogP contribution in [-0.2, 0) is 4.74 Å². The van der Waals surface area contributed by atoms with Crippen molar-refractivity contribution in [3.05, 3.63) is 0 Å². The molecule has 0 unspecified atom stereocenters. The molecule has 0 aromatic heterocycles. The molecule has 0 radical (unpaired) electrons. The van der Waals surface area contributed by atoms with Crippen LogP contribution in [0.25, 0.3) is 0 Å². The van der Waals surface area contributed by atoms with Crippen LogP contribution in [0.5, 0.6) is 0 Å². The van der Waals surface area contributed by atoms with Crippen molar-refractivity contribution < 1.29 is 4.74 Å². The Labute approximate surface area is 68.7 Å². The molecule has 0 saturated carbocycles. The number of hydrogen-bond donors (Lipinski definition) is 0. The molecule has 10 heavy (non-hydrogen) atoms. The zero-order valence-corrected chi connectivity index (χ0v) is 7.49. The maximum atomic E-state index is 5.52. The van der Waals surface area contributed by atoms with Gasteiger partial charge in [0.15, 0.2) is 0 Å². The van der Waals surface area contributed by atoms with E-state index in [1.54, 1.807) is 7.11 Å². The summed E-state index contributed by atoms with van der Waals surface area (Å²) in [7, 11) is 1.75. The molecular weight excluding hydrogens is 148 g/mol.